The lowest BCUT2D eigenvalue weighted by molar-refractivity contribution is 0.0698. The molecule has 1 aliphatic heterocycles. The first-order chi connectivity index (χ1) is 8.88. The molecule has 19 heavy (non-hydrogen) atoms. The molecule has 1 aromatic carbocycles. The van der Waals surface area contributed by atoms with Gasteiger partial charge in [-0.25, -0.2) is 5.14 Å². The van der Waals surface area contributed by atoms with Crippen LogP contribution < -0.4 is 5.14 Å². The number of benzene rings is 1. The zero-order valence-corrected chi connectivity index (χ0v) is 13.1. The molecule has 104 valence electrons. The Morgan fingerprint density at radius 2 is 1.84 bits per heavy atom. The molecule has 1 saturated heterocycles. The topological polar surface area (TPSA) is 83.7 Å². The molecule has 0 spiro atoms. The van der Waals surface area contributed by atoms with E-state index >= 15 is 0 Å². The van der Waals surface area contributed by atoms with E-state index in [2.05, 4.69) is 22.6 Å². The van der Waals surface area contributed by atoms with E-state index in [0.717, 1.165) is 3.57 Å². The Balaban J connectivity index is 2.04. The fourth-order valence-corrected chi connectivity index (χ4v) is 3.17. The second-order valence-corrected chi connectivity index (χ2v) is 7.04. The van der Waals surface area contributed by atoms with Crippen LogP contribution in [0.25, 0.3) is 0 Å². The summed E-state index contributed by atoms with van der Waals surface area (Å²) in [6.07, 6.45) is 0. The normalized spacial score (nSPS) is 17.5. The predicted molar refractivity (Wildman–Crippen MR) is 79.7 cm³/mol. The third-order valence-electron chi connectivity index (χ3n) is 2.96. The van der Waals surface area contributed by atoms with Gasteiger partial charge in [-0.2, -0.15) is 12.7 Å². The van der Waals surface area contributed by atoms with Crippen molar-refractivity contribution in [1.29, 1.82) is 0 Å². The Morgan fingerprint density at radius 3 is 2.37 bits per heavy atom. The van der Waals surface area contributed by atoms with Crippen LogP contribution in [0.15, 0.2) is 24.3 Å². The molecule has 0 aromatic heterocycles. The number of hydrogen-bond acceptors (Lipinski definition) is 3. The van der Waals surface area contributed by atoms with Crippen molar-refractivity contribution in [3.63, 3.8) is 0 Å². The van der Waals surface area contributed by atoms with Gasteiger partial charge in [0.25, 0.3) is 16.1 Å². The van der Waals surface area contributed by atoms with Gasteiger partial charge in [0.1, 0.15) is 0 Å². The van der Waals surface area contributed by atoms with Crippen molar-refractivity contribution in [3.8, 4) is 0 Å². The first-order valence-corrected chi connectivity index (χ1v) is 8.29. The number of amides is 1. The van der Waals surface area contributed by atoms with E-state index in [0.29, 0.717) is 18.7 Å². The molecule has 0 saturated carbocycles. The molecule has 1 heterocycles. The number of hydrogen-bond donors (Lipinski definition) is 1. The van der Waals surface area contributed by atoms with Gasteiger partial charge in [0, 0.05) is 35.3 Å². The predicted octanol–water partition coefficient (Wildman–Crippen LogP) is 0.253. The Morgan fingerprint density at radius 1 is 1.21 bits per heavy atom. The Labute approximate surface area is 125 Å². The standard InChI is InChI=1S/C11H14IN3O3S/c12-10-3-1-2-9(8-10)11(16)14-4-6-15(7-5-14)19(13,17)18/h1-3,8H,4-7H2,(H2,13,17,18). The highest BCUT2D eigenvalue weighted by molar-refractivity contribution is 14.1. The van der Waals surface area contributed by atoms with E-state index < -0.39 is 10.2 Å². The summed E-state index contributed by atoms with van der Waals surface area (Å²) in [5, 5.41) is 5.06. The van der Waals surface area contributed by atoms with Crippen LogP contribution in [-0.2, 0) is 10.2 Å². The number of nitrogens with zero attached hydrogens (tertiary/aromatic N) is 2. The van der Waals surface area contributed by atoms with Gasteiger partial charge in [-0.05, 0) is 40.8 Å². The van der Waals surface area contributed by atoms with Crippen molar-refractivity contribution in [3.05, 3.63) is 33.4 Å². The number of rotatable bonds is 2. The molecule has 1 fully saturated rings. The van der Waals surface area contributed by atoms with Gasteiger partial charge < -0.3 is 4.90 Å². The van der Waals surface area contributed by atoms with E-state index in [1.807, 2.05) is 18.2 Å². The second kappa shape index (κ2) is 5.73. The van der Waals surface area contributed by atoms with Gasteiger partial charge in [-0.1, -0.05) is 6.07 Å². The summed E-state index contributed by atoms with van der Waals surface area (Å²) >= 11 is 2.15. The molecule has 6 nitrogen and oxygen atoms in total. The lowest BCUT2D eigenvalue weighted by atomic mass is 10.2. The van der Waals surface area contributed by atoms with Crippen LogP contribution in [0, 0.1) is 3.57 Å². The second-order valence-electron chi connectivity index (χ2n) is 4.25. The molecule has 0 radical (unpaired) electrons. The zero-order chi connectivity index (χ0) is 14.0. The molecule has 2 rings (SSSR count). The number of carbonyl (C=O) groups is 1. The minimum Gasteiger partial charge on any atom is -0.336 e. The lowest BCUT2D eigenvalue weighted by Gasteiger charge is -2.33. The van der Waals surface area contributed by atoms with Crippen molar-refractivity contribution in [2.45, 2.75) is 0 Å². The maximum atomic E-state index is 12.2. The van der Waals surface area contributed by atoms with Gasteiger partial charge in [0.2, 0.25) is 0 Å². The number of halogens is 1. The number of carbonyl (C=O) groups excluding carboxylic acids is 1. The molecule has 0 unspecified atom stereocenters. The van der Waals surface area contributed by atoms with Crippen molar-refractivity contribution in [1.82, 2.24) is 9.21 Å². The average Bonchev–Trinajstić information content (AvgIpc) is 2.37. The summed E-state index contributed by atoms with van der Waals surface area (Å²) in [7, 11) is -3.65. The number of nitrogens with two attached hydrogens (primary N) is 1. The van der Waals surface area contributed by atoms with E-state index in [9.17, 15) is 13.2 Å². The van der Waals surface area contributed by atoms with E-state index in [-0.39, 0.29) is 19.0 Å². The van der Waals surface area contributed by atoms with Crippen LogP contribution in [0.4, 0.5) is 0 Å². The first kappa shape index (κ1) is 14.7. The average molecular weight is 395 g/mol. The molecular formula is C11H14IN3O3S. The molecule has 8 heteroatoms. The Bertz CT molecular complexity index is 583. The smallest absolute Gasteiger partial charge is 0.277 e. The minimum absolute atomic E-state index is 0.0763. The van der Waals surface area contributed by atoms with Gasteiger partial charge >= 0.3 is 0 Å². The maximum Gasteiger partial charge on any atom is 0.277 e. The molecule has 1 aromatic rings. The highest BCUT2D eigenvalue weighted by atomic mass is 127. The Hall–Kier alpha value is -0.710. The van der Waals surface area contributed by atoms with Crippen LogP contribution in [0.2, 0.25) is 0 Å². The molecule has 0 aliphatic carbocycles. The highest BCUT2D eigenvalue weighted by Crippen LogP contribution is 2.12. The molecule has 1 aliphatic rings. The Kier molecular flexibility index (Phi) is 4.43. The lowest BCUT2D eigenvalue weighted by Crippen LogP contribution is -2.52. The summed E-state index contributed by atoms with van der Waals surface area (Å²) in [5.41, 5.74) is 0.621. The van der Waals surface area contributed by atoms with Crippen molar-refractivity contribution in [2.75, 3.05) is 26.2 Å². The summed E-state index contributed by atoms with van der Waals surface area (Å²) in [5.74, 6) is -0.0763. The van der Waals surface area contributed by atoms with E-state index in [1.54, 1.807) is 11.0 Å². The summed E-state index contributed by atoms with van der Waals surface area (Å²) < 4.78 is 24.5. The fraction of sp³-hybridized carbons (Fsp3) is 0.364. The summed E-state index contributed by atoms with van der Waals surface area (Å²) in [4.78, 5) is 13.9. The fourth-order valence-electron chi connectivity index (χ4n) is 1.95. The first-order valence-electron chi connectivity index (χ1n) is 5.70. The molecule has 0 bridgehead atoms. The largest absolute Gasteiger partial charge is 0.336 e. The molecule has 1 amide bonds. The third-order valence-corrected chi connectivity index (χ3v) is 4.71. The zero-order valence-electron chi connectivity index (χ0n) is 10.1. The van der Waals surface area contributed by atoms with Gasteiger partial charge in [0.05, 0.1) is 0 Å². The minimum atomic E-state index is -3.65. The summed E-state index contributed by atoms with van der Waals surface area (Å²) in [6, 6.07) is 7.32. The molecule has 0 atom stereocenters. The van der Waals surface area contributed by atoms with E-state index in [4.69, 9.17) is 5.14 Å². The van der Waals surface area contributed by atoms with Gasteiger partial charge in [-0.3, -0.25) is 4.79 Å². The highest BCUT2D eigenvalue weighted by Gasteiger charge is 2.26. The van der Waals surface area contributed by atoms with Crippen molar-refractivity contribution in [2.24, 2.45) is 5.14 Å². The maximum absolute atomic E-state index is 12.2. The van der Waals surface area contributed by atoms with Gasteiger partial charge in [0.15, 0.2) is 0 Å². The van der Waals surface area contributed by atoms with Crippen LogP contribution in [0.5, 0.6) is 0 Å². The molecule has 2 N–H and O–H groups in total. The SMILES string of the molecule is NS(=O)(=O)N1CCN(C(=O)c2cccc(I)c2)CC1. The summed E-state index contributed by atoms with van der Waals surface area (Å²) in [6.45, 7) is 1.21. The van der Waals surface area contributed by atoms with Crippen molar-refractivity contribution >= 4 is 38.7 Å². The number of piperazine rings is 1. The van der Waals surface area contributed by atoms with Crippen LogP contribution in [-0.4, -0.2) is 49.7 Å². The molecular weight excluding hydrogens is 381 g/mol. The quantitative estimate of drug-likeness (QED) is 0.729. The van der Waals surface area contributed by atoms with E-state index in [1.165, 1.54) is 4.31 Å². The van der Waals surface area contributed by atoms with Crippen molar-refractivity contribution < 1.29 is 13.2 Å². The monoisotopic (exact) mass is 395 g/mol. The van der Waals surface area contributed by atoms with Crippen LogP contribution >= 0.6 is 22.6 Å². The van der Waals surface area contributed by atoms with Gasteiger partial charge in [-0.15, -0.1) is 0 Å². The van der Waals surface area contributed by atoms with Crippen LogP contribution in [0.1, 0.15) is 10.4 Å². The third kappa shape index (κ3) is 3.65. The van der Waals surface area contributed by atoms with Crippen LogP contribution in [0.3, 0.4) is 0 Å².